The van der Waals surface area contributed by atoms with Crippen molar-refractivity contribution in [2.24, 2.45) is 0 Å². The SMILES string of the molecule is Cc1c(C)c(C)c(/C=[N+](\C)[O-])c(C)c1C. The second-order valence-electron chi connectivity index (χ2n) is 4.21. The van der Waals surface area contributed by atoms with Gasteiger partial charge in [-0.15, -0.1) is 0 Å². The summed E-state index contributed by atoms with van der Waals surface area (Å²) in [7, 11) is 1.52. The Labute approximate surface area is 91.8 Å². The zero-order valence-corrected chi connectivity index (χ0v) is 10.4. The summed E-state index contributed by atoms with van der Waals surface area (Å²) in [5.41, 5.74) is 7.37. The molecule has 0 aromatic heterocycles. The summed E-state index contributed by atoms with van der Waals surface area (Å²) < 4.78 is 0.865. The lowest BCUT2D eigenvalue weighted by atomic mass is 9.90. The number of rotatable bonds is 1. The number of nitrogens with zero attached hydrogens (tertiary/aromatic N) is 1. The van der Waals surface area contributed by atoms with Crippen LogP contribution in [0, 0.1) is 39.8 Å². The van der Waals surface area contributed by atoms with Crippen LogP contribution in [0.15, 0.2) is 0 Å². The highest BCUT2D eigenvalue weighted by molar-refractivity contribution is 5.82. The van der Waals surface area contributed by atoms with E-state index >= 15 is 0 Å². The molecule has 15 heavy (non-hydrogen) atoms. The lowest BCUT2D eigenvalue weighted by Gasteiger charge is -2.15. The smallest absolute Gasteiger partial charge is 0.182 e. The molecular weight excluding hydrogens is 186 g/mol. The minimum Gasteiger partial charge on any atom is -0.624 e. The van der Waals surface area contributed by atoms with Crippen molar-refractivity contribution >= 4 is 6.21 Å². The molecule has 2 heteroatoms. The fourth-order valence-corrected chi connectivity index (χ4v) is 1.90. The van der Waals surface area contributed by atoms with Gasteiger partial charge in [-0.05, 0) is 62.4 Å². The summed E-state index contributed by atoms with van der Waals surface area (Å²) >= 11 is 0. The monoisotopic (exact) mass is 205 g/mol. The summed E-state index contributed by atoms with van der Waals surface area (Å²) in [6.45, 7) is 10.5. The first-order chi connectivity index (χ1) is 6.86. The molecule has 2 nitrogen and oxygen atoms in total. The van der Waals surface area contributed by atoms with Crippen LogP contribution in [0.4, 0.5) is 0 Å². The molecule has 0 atom stereocenters. The minimum atomic E-state index is 0.865. The highest BCUT2D eigenvalue weighted by atomic mass is 16.5. The third-order valence-electron chi connectivity index (χ3n) is 3.37. The molecule has 0 spiro atoms. The fraction of sp³-hybridized carbons (Fsp3) is 0.462. The first-order valence-electron chi connectivity index (χ1n) is 5.18. The number of benzene rings is 1. The van der Waals surface area contributed by atoms with E-state index in [4.69, 9.17) is 0 Å². The maximum Gasteiger partial charge on any atom is 0.182 e. The van der Waals surface area contributed by atoms with E-state index in [0.29, 0.717) is 0 Å². The van der Waals surface area contributed by atoms with Crippen LogP contribution >= 0.6 is 0 Å². The lowest BCUT2D eigenvalue weighted by Crippen LogP contribution is -2.06. The average Bonchev–Trinajstić information content (AvgIpc) is 2.18. The number of hydrogen-bond acceptors (Lipinski definition) is 1. The molecule has 1 aromatic carbocycles. The molecule has 0 aliphatic carbocycles. The van der Waals surface area contributed by atoms with Crippen LogP contribution in [0.25, 0.3) is 0 Å². The van der Waals surface area contributed by atoms with E-state index in [2.05, 4.69) is 34.6 Å². The Morgan fingerprint density at radius 3 is 1.47 bits per heavy atom. The van der Waals surface area contributed by atoms with E-state index in [9.17, 15) is 5.21 Å². The second kappa shape index (κ2) is 4.05. The molecule has 0 radical (unpaired) electrons. The van der Waals surface area contributed by atoms with Crippen molar-refractivity contribution < 1.29 is 4.74 Å². The molecule has 0 fully saturated rings. The highest BCUT2D eigenvalue weighted by Gasteiger charge is 2.12. The van der Waals surface area contributed by atoms with E-state index in [1.54, 1.807) is 6.21 Å². The van der Waals surface area contributed by atoms with Crippen LogP contribution in [0.2, 0.25) is 0 Å². The highest BCUT2D eigenvalue weighted by Crippen LogP contribution is 2.24. The van der Waals surface area contributed by atoms with Gasteiger partial charge in [-0.2, -0.15) is 0 Å². The topological polar surface area (TPSA) is 26.1 Å². The maximum absolute atomic E-state index is 11.1. The Balaban J connectivity index is 3.60. The van der Waals surface area contributed by atoms with Crippen molar-refractivity contribution in [1.29, 1.82) is 0 Å². The predicted molar refractivity (Wildman–Crippen MR) is 64.8 cm³/mol. The number of hydrogen-bond donors (Lipinski definition) is 0. The Bertz CT molecular complexity index is 398. The van der Waals surface area contributed by atoms with Crippen molar-refractivity contribution in [2.75, 3.05) is 7.05 Å². The van der Waals surface area contributed by atoms with Gasteiger partial charge in [0.2, 0.25) is 0 Å². The summed E-state index contributed by atoms with van der Waals surface area (Å²) in [6.07, 6.45) is 1.66. The normalized spacial score (nSPS) is 12.0. The van der Waals surface area contributed by atoms with Crippen molar-refractivity contribution in [3.63, 3.8) is 0 Å². The molecule has 0 saturated heterocycles. The van der Waals surface area contributed by atoms with Gasteiger partial charge in [-0.1, -0.05) is 0 Å². The van der Waals surface area contributed by atoms with Crippen LogP contribution in [-0.4, -0.2) is 18.0 Å². The molecule has 0 aliphatic heterocycles. The Kier molecular flexibility index (Phi) is 3.18. The predicted octanol–water partition coefficient (Wildman–Crippen LogP) is 2.79. The molecular formula is C13H19NO. The van der Waals surface area contributed by atoms with Crippen molar-refractivity contribution in [2.45, 2.75) is 34.6 Å². The van der Waals surface area contributed by atoms with Crippen LogP contribution in [0.1, 0.15) is 33.4 Å². The molecule has 0 bridgehead atoms. The fourth-order valence-electron chi connectivity index (χ4n) is 1.90. The molecule has 0 unspecified atom stereocenters. The van der Waals surface area contributed by atoms with Gasteiger partial charge in [0.05, 0.1) is 0 Å². The van der Waals surface area contributed by atoms with Gasteiger partial charge >= 0.3 is 0 Å². The molecule has 1 aromatic rings. The van der Waals surface area contributed by atoms with Crippen LogP contribution < -0.4 is 0 Å². The Morgan fingerprint density at radius 1 is 0.800 bits per heavy atom. The summed E-state index contributed by atoms with van der Waals surface area (Å²) in [5, 5.41) is 11.1. The van der Waals surface area contributed by atoms with E-state index in [1.807, 2.05) is 0 Å². The zero-order chi connectivity index (χ0) is 11.7. The summed E-state index contributed by atoms with van der Waals surface area (Å²) in [6, 6.07) is 0. The third-order valence-corrected chi connectivity index (χ3v) is 3.37. The summed E-state index contributed by atoms with van der Waals surface area (Å²) in [4.78, 5) is 0. The summed E-state index contributed by atoms with van der Waals surface area (Å²) in [5.74, 6) is 0. The van der Waals surface area contributed by atoms with Gasteiger partial charge in [0.25, 0.3) is 0 Å². The van der Waals surface area contributed by atoms with Gasteiger partial charge in [-0.25, -0.2) is 4.74 Å². The van der Waals surface area contributed by atoms with Gasteiger partial charge in [0.15, 0.2) is 6.21 Å². The molecule has 82 valence electrons. The van der Waals surface area contributed by atoms with Crippen LogP contribution in [-0.2, 0) is 0 Å². The molecule has 0 amide bonds. The van der Waals surface area contributed by atoms with E-state index in [0.717, 1.165) is 10.3 Å². The zero-order valence-electron chi connectivity index (χ0n) is 10.4. The van der Waals surface area contributed by atoms with Crippen LogP contribution in [0.5, 0.6) is 0 Å². The van der Waals surface area contributed by atoms with Gasteiger partial charge in [0, 0.05) is 5.56 Å². The lowest BCUT2D eigenvalue weighted by molar-refractivity contribution is -0.416. The van der Waals surface area contributed by atoms with Gasteiger partial charge in [-0.3, -0.25) is 0 Å². The Morgan fingerprint density at radius 2 is 1.13 bits per heavy atom. The second-order valence-corrected chi connectivity index (χ2v) is 4.21. The third kappa shape index (κ3) is 2.04. The molecule has 0 aliphatic rings. The minimum absolute atomic E-state index is 0.865. The molecule has 0 heterocycles. The van der Waals surface area contributed by atoms with E-state index < -0.39 is 0 Å². The van der Waals surface area contributed by atoms with Gasteiger partial charge in [0.1, 0.15) is 7.05 Å². The first kappa shape index (κ1) is 11.8. The van der Waals surface area contributed by atoms with Gasteiger partial charge < -0.3 is 5.21 Å². The van der Waals surface area contributed by atoms with E-state index in [-0.39, 0.29) is 0 Å². The molecule has 0 N–H and O–H groups in total. The first-order valence-corrected chi connectivity index (χ1v) is 5.18. The molecule has 0 saturated carbocycles. The van der Waals surface area contributed by atoms with Crippen molar-refractivity contribution in [3.05, 3.63) is 38.6 Å². The maximum atomic E-state index is 11.1. The van der Waals surface area contributed by atoms with Crippen molar-refractivity contribution in [3.8, 4) is 0 Å². The Hall–Kier alpha value is -1.31. The number of hydroxylamine groups is 1. The standard InChI is InChI=1S/C13H19NO/c1-8-9(2)11(4)13(7-14(6)15)12(5)10(8)3/h7H,1-6H3/b14-7+. The van der Waals surface area contributed by atoms with Crippen molar-refractivity contribution in [1.82, 2.24) is 0 Å². The van der Waals surface area contributed by atoms with Crippen LogP contribution in [0.3, 0.4) is 0 Å². The largest absolute Gasteiger partial charge is 0.624 e. The van der Waals surface area contributed by atoms with E-state index in [1.165, 1.54) is 34.9 Å². The quantitative estimate of drug-likeness (QED) is 0.299. The molecule has 1 rings (SSSR count). The average molecular weight is 205 g/mol.